The molecule has 7 nitrogen and oxygen atoms in total. The maximum Gasteiger partial charge on any atom is 0.234 e. The maximum atomic E-state index is 13.7. The summed E-state index contributed by atoms with van der Waals surface area (Å²) in [5, 5.41) is 10.7. The molecule has 0 aliphatic carbocycles. The number of hydrazone groups is 1. The molecule has 3 heterocycles. The van der Waals surface area contributed by atoms with Gasteiger partial charge in [-0.15, -0.1) is 0 Å². The number of amides is 1. The van der Waals surface area contributed by atoms with Gasteiger partial charge in [0.2, 0.25) is 5.91 Å². The van der Waals surface area contributed by atoms with Crippen molar-refractivity contribution >= 4 is 40.1 Å². The highest BCUT2D eigenvalue weighted by Crippen LogP contribution is 2.35. The van der Waals surface area contributed by atoms with E-state index in [0.717, 1.165) is 16.6 Å². The summed E-state index contributed by atoms with van der Waals surface area (Å²) in [4.78, 5) is 14.4. The number of halogens is 2. The lowest BCUT2D eigenvalue weighted by Crippen LogP contribution is -2.54. The van der Waals surface area contributed by atoms with E-state index in [0.29, 0.717) is 11.3 Å². The lowest BCUT2D eigenvalue weighted by atomic mass is 10.00. The SMILES string of the molecule is Cc1ccc(NC(=O)CSC2=NNC3C4CC(c5ccc(Cl)cc5)NN4C=CN23)cc1F. The van der Waals surface area contributed by atoms with E-state index >= 15 is 0 Å². The first-order chi connectivity index (χ1) is 15.5. The third-order valence-corrected chi connectivity index (χ3v) is 6.98. The lowest BCUT2D eigenvalue weighted by Gasteiger charge is -2.36. The molecule has 1 fully saturated rings. The van der Waals surface area contributed by atoms with Gasteiger partial charge in [-0.2, -0.15) is 5.10 Å². The predicted molar refractivity (Wildman–Crippen MR) is 125 cm³/mol. The molecule has 3 aliphatic heterocycles. The van der Waals surface area contributed by atoms with E-state index in [2.05, 4.69) is 31.2 Å². The highest BCUT2D eigenvalue weighted by atomic mass is 35.5. The van der Waals surface area contributed by atoms with Crippen LogP contribution in [0.25, 0.3) is 0 Å². The number of fused-ring (bicyclic) bond motifs is 3. The third-order valence-electron chi connectivity index (χ3n) is 5.77. The summed E-state index contributed by atoms with van der Waals surface area (Å²) in [5.41, 5.74) is 8.90. The monoisotopic (exact) mass is 472 g/mol. The van der Waals surface area contributed by atoms with Gasteiger partial charge >= 0.3 is 0 Å². The van der Waals surface area contributed by atoms with Gasteiger partial charge in [0.1, 0.15) is 12.0 Å². The first-order valence-corrected chi connectivity index (χ1v) is 11.6. The highest BCUT2D eigenvalue weighted by Gasteiger charge is 2.44. The molecule has 32 heavy (non-hydrogen) atoms. The first-order valence-electron chi connectivity index (χ1n) is 10.3. The Hall–Kier alpha value is -2.75. The molecule has 0 aromatic heterocycles. The Morgan fingerprint density at radius 1 is 1.28 bits per heavy atom. The topological polar surface area (TPSA) is 72.0 Å². The molecule has 0 radical (unpaired) electrons. The van der Waals surface area contributed by atoms with Gasteiger partial charge < -0.3 is 15.2 Å². The van der Waals surface area contributed by atoms with E-state index < -0.39 is 0 Å². The van der Waals surface area contributed by atoms with Crippen molar-refractivity contribution in [2.75, 3.05) is 11.1 Å². The Kier molecular flexibility index (Phi) is 5.71. The van der Waals surface area contributed by atoms with Crippen LogP contribution in [0.15, 0.2) is 60.0 Å². The Morgan fingerprint density at radius 2 is 2.09 bits per heavy atom. The number of carbonyl (C=O) groups is 1. The quantitative estimate of drug-likeness (QED) is 0.629. The van der Waals surface area contributed by atoms with Crippen molar-refractivity contribution in [3.63, 3.8) is 0 Å². The molecule has 166 valence electrons. The number of thioether (sulfide) groups is 1. The van der Waals surface area contributed by atoms with E-state index in [9.17, 15) is 9.18 Å². The second kappa shape index (κ2) is 8.65. The smallest absolute Gasteiger partial charge is 0.234 e. The number of amidine groups is 1. The van der Waals surface area contributed by atoms with E-state index in [4.69, 9.17) is 11.6 Å². The molecule has 3 N–H and O–H groups in total. The zero-order valence-electron chi connectivity index (χ0n) is 17.3. The molecule has 0 spiro atoms. The molecular weight excluding hydrogens is 451 g/mol. The fourth-order valence-electron chi connectivity index (χ4n) is 4.06. The fraction of sp³-hybridized carbons (Fsp3) is 0.273. The van der Waals surface area contributed by atoms with Crippen molar-refractivity contribution in [2.45, 2.75) is 31.6 Å². The number of hydrogen-bond donors (Lipinski definition) is 3. The largest absolute Gasteiger partial charge is 0.325 e. The molecule has 1 amide bonds. The first kappa shape index (κ1) is 21.1. The standard InChI is InChI=1S/C22H22ClFN6OS/c1-13-2-7-16(10-17(13)24)25-20(31)12-32-22-27-26-21-19-11-18(14-3-5-15(23)6-4-14)28-30(19)9-8-29(21)22/h2-10,18-19,21,26,28H,11-12H2,1H3,(H,25,31). The maximum absolute atomic E-state index is 13.7. The minimum atomic E-state index is -0.340. The van der Waals surface area contributed by atoms with Crippen LogP contribution in [0.1, 0.15) is 23.6 Å². The van der Waals surface area contributed by atoms with Crippen LogP contribution in [0.4, 0.5) is 10.1 Å². The third kappa shape index (κ3) is 4.15. The number of anilines is 1. The number of rotatable bonds is 4. The average molecular weight is 473 g/mol. The number of nitrogens with zero attached hydrogens (tertiary/aromatic N) is 3. The van der Waals surface area contributed by atoms with Gasteiger partial charge in [-0.05, 0) is 48.7 Å². The van der Waals surface area contributed by atoms with Gasteiger partial charge in [-0.25, -0.2) is 9.82 Å². The second-order valence-electron chi connectivity index (χ2n) is 7.92. The number of nitrogens with one attached hydrogen (secondary N) is 3. The zero-order chi connectivity index (χ0) is 22.2. The van der Waals surface area contributed by atoms with Gasteiger partial charge in [0.05, 0.1) is 17.8 Å². The van der Waals surface area contributed by atoms with Crippen LogP contribution >= 0.6 is 23.4 Å². The fourth-order valence-corrected chi connectivity index (χ4v) is 4.96. The van der Waals surface area contributed by atoms with Crippen molar-refractivity contribution in [3.05, 3.63) is 76.8 Å². The minimum Gasteiger partial charge on any atom is -0.325 e. The van der Waals surface area contributed by atoms with Crippen molar-refractivity contribution in [1.29, 1.82) is 0 Å². The Balaban J connectivity index is 1.18. The van der Waals surface area contributed by atoms with Crippen LogP contribution in [-0.2, 0) is 4.79 Å². The normalized spacial score (nSPS) is 23.5. The Labute approximate surface area is 194 Å². The summed E-state index contributed by atoms with van der Waals surface area (Å²) in [5.74, 6) is -0.377. The molecule has 1 saturated heterocycles. The Bertz CT molecular complexity index is 1090. The second-order valence-corrected chi connectivity index (χ2v) is 9.30. The van der Waals surface area contributed by atoms with E-state index in [1.165, 1.54) is 23.4 Å². The summed E-state index contributed by atoms with van der Waals surface area (Å²) in [6.45, 7) is 1.68. The van der Waals surface area contributed by atoms with E-state index in [-0.39, 0.29) is 35.7 Å². The van der Waals surface area contributed by atoms with Gasteiger partial charge in [0.25, 0.3) is 0 Å². The average Bonchev–Trinajstić information content (AvgIpc) is 3.39. The van der Waals surface area contributed by atoms with Crippen LogP contribution in [0.3, 0.4) is 0 Å². The molecule has 2 aromatic rings. The number of hydrogen-bond acceptors (Lipinski definition) is 7. The van der Waals surface area contributed by atoms with Gasteiger partial charge in [0.15, 0.2) is 5.17 Å². The van der Waals surface area contributed by atoms with Crippen LogP contribution < -0.4 is 16.2 Å². The molecule has 2 aromatic carbocycles. The summed E-state index contributed by atoms with van der Waals surface area (Å²) in [6.07, 6.45) is 4.82. The number of carbonyl (C=O) groups excluding carboxylic acids is 1. The van der Waals surface area contributed by atoms with Crippen molar-refractivity contribution in [2.24, 2.45) is 5.10 Å². The molecule has 0 saturated carbocycles. The molecule has 3 unspecified atom stereocenters. The van der Waals surface area contributed by atoms with Gasteiger partial charge in [-0.3, -0.25) is 10.2 Å². The molecular formula is C22H22ClFN6OS. The number of benzene rings is 2. The highest BCUT2D eigenvalue weighted by molar-refractivity contribution is 8.14. The van der Waals surface area contributed by atoms with Crippen molar-refractivity contribution in [1.82, 2.24) is 20.8 Å². The Morgan fingerprint density at radius 3 is 2.88 bits per heavy atom. The van der Waals surface area contributed by atoms with Crippen molar-refractivity contribution in [3.8, 4) is 0 Å². The molecule has 10 heteroatoms. The zero-order valence-corrected chi connectivity index (χ0v) is 18.8. The minimum absolute atomic E-state index is 0.0263. The number of aryl methyl sites for hydroxylation is 1. The van der Waals surface area contributed by atoms with Crippen LogP contribution in [0.5, 0.6) is 0 Å². The predicted octanol–water partition coefficient (Wildman–Crippen LogP) is 3.77. The molecule has 3 aliphatic rings. The van der Waals surface area contributed by atoms with E-state index in [1.807, 2.05) is 36.7 Å². The van der Waals surface area contributed by atoms with Crippen LogP contribution in [-0.4, -0.2) is 38.9 Å². The molecule has 0 bridgehead atoms. The summed E-state index contributed by atoms with van der Waals surface area (Å²) >= 11 is 7.36. The van der Waals surface area contributed by atoms with Gasteiger partial charge in [-0.1, -0.05) is 41.6 Å². The van der Waals surface area contributed by atoms with Crippen LogP contribution in [0, 0.1) is 12.7 Å². The summed E-state index contributed by atoms with van der Waals surface area (Å²) < 4.78 is 13.7. The summed E-state index contributed by atoms with van der Waals surface area (Å²) in [6, 6.07) is 12.9. The van der Waals surface area contributed by atoms with E-state index in [1.54, 1.807) is 19.1 Å². The van der Waals surface area contributed by atoms with Gasteiger partial charge in [0, 0.05) is 23.1 Å². The van der Waals surface area contributed by atoms with Crippen molar-refractivity contribution < 1.29 is 9.18 Å². The molecule has 3 atom stereocenters. The lowest BCUT2D eigenvalue weighted by molar-refractivity contribution is -0.113. The van der Waals surface area contributed by atoms with Crippen LogP contribution in [0.2, 0.25) is 5.02 Å². The summed E-state index contributed by atoms with van der Waals surface area (Å²) in [7, 11) is 0. The number of hydrazine groups is 1. The molecule has 5 rings (SSSR count).